The summed E-state index contributed by atoms with van der Waals surface area (Å²) in [5.74, 6) is -0.302. The van der Waals surface area contributed by atoms with Gasteiger partial charge in [-0.05, 0) is 47.1 Å². The van der Waals surface area contributed by atoms with Crippen LogP contribution in [0.15, 0.2) is 88.8 Å². The third-order valence-corrected chi connectivity index (χ3v) is 7.49. The quantitative estimate of drug-likeness (QED) is 0.309. The van der Waals surface area contributed by atoms with Gasteiger partial charge in [0.15, 0.2) is 5.65 Å². The van der Waals surface area contributed by atoms with Crippen LogP contribution in [-0.4, -0.2) is 27.2 Å². The summed E-state index contributed by atoms with van der Waals surface area (Å²) in [6.07, 6.45) is 6.53. The molecule has 0 saturated carbocycles. The van der Waals surface area contributed by atoms with Gasteiger partial charge in [-0.3, -0.25) is 4.68 Å². The van der Waals surface area contributed by atoms with E-state index in [2.05, 4.69) is 26.0 Å². The van der Waals surface area contributed by atoms with Crippen molar-refractivity contribution in [1.82, 2.24) is 18.7 Å². The minimum Gasteiger partial charge on any atom is -0.268 e. The number of halogens is 2. The van der Waals surface area contributed by atoms with Crippen molar-refractivity contribution in [3.8, 4) is 11.1 Å². The van der Waals surface area contributed by atoms with E-state index in [9.17, 15) is 12.8 Å². The predicted octanol–water partition coefficient (Wildman–Crippen LogP) is 5.40. The minimum atomic E-state index is -3.87. The Morgan fingerprint density at radius 1 is 1.03 bits per heavy atom. The van der Waals surface area contributed by atoms with E-state index in [4.69, 9.17) is 0 Å². The van der Waals surface area contributed by atoms with E-state index >= 15 is 0 Å². The maximum Gasteiger partial charge on any atom is 0.269 e. The minimum absolute atomic E-state index is 0.177. The standard InChI is InChI=1S/C24H18BrFN4O2S/c1-16-6-8-20(9-7-16)33(31,32)30-15-22(21-10-19(25)12-27-24(21)30)18-11-28-29(14-18)13-17-4-2-3-5-23(17)26/h2-12,14-15H,13H2,1H3. The van der Waals surface area contributed by atoms with Crippen LogP contribution in [0.2, 0.25) is 0 Å². The summed E-state index contributed by atoms with van der Waals surface area (Å²) in [6, 6.07) is 15.0. The van der Waals surface area contributed by atoms with E-state index in [1.807, 2.05) is 13.0 Å². The Balaban J connectivity index is 1.62. The molecular weight excluding hydrogens is 507 g/mol. The number of nitrogens with zero attached hydrogens (tertiary/aromatic N) is 4. The third kappa shape index (κ3) is 3.98. The van der Waals surface area contributed by atoms with Gasteiger partial charge in [-0.1, -0.05) is 35.9 Å². The fourth-order valence-electron chi connectivity index (χ4n) is 3.68. The van der Waals surface area contributed by atoms with Crippen LogP contribution in [-0.2, 0) is 16.6 Å². The first-order valence-corrected chi connectivity index (χ1v) is 12.3. The molecule has 0 aliphatic heterocycles. The summed E-state index contributed by atoms with van der Waals surface area (Å²) >= 11 is 3.43. The highest BCUT2D eigenvalue weighted by atomic mass is 79.9. The van der Waals surface area contributed by atoms with Gasteiger partial charge >= 0.3 is 0 Å². The first-order chi connectivity index (χ1) is 15.8. The second-order valence-corrected chi connectivity index (χ2v) is 10.4. The van der Waals surface area contributed by atoms with Crippen molar-refractivity contribution in [2.24, 2.45) is 0 Å². The highest BCUT2D eigenvalue weighted by Crippen LogP contribution is 2.33. The number of fused-ring (bicyclic) bond motifs is 1. The van der Waals surface area contributed by atoms with Gasteiger partial charge in [0.05, 0.1) is 17.6 Å². The van der Waals surface area contributed by atoms with Gasteiger partial charge in [-0.15, -0.1) is 0 Å². The third-order valence-electron chi connectivity index (χ3n) is 5.39. The molecule has 6 nitrogen and oxygen atoms in total. The lowest BCUT2D eigenvalue weighted by Gasteiger charge is -2.07. The number of benzene rings is 2. The van der Waals surface area contributed by atoms with Crippen LogP contribution in [0.1, 0.15) is 11.1 Å². The molecule has 33 heavy (non-hydrogen) atoms. The van der Waals surface area contributed by atoms with E-state index in [0.29, 0.717) is 27.7 Å². The molecule has 2 aromatic carbocycles. The highest BCUT2D eigenvalue weighted by Gasteiger charge is 2.23. The molecule has 0 atom stereocenters. The second-order valence-electron chi connectivity index (χ2n) is 7.70. The molecule has 5 rings (SSSR count). The molecule has 0 N–H and O–H groups in total. The van der Waals surface area contributed by atoms with Crippen molar-refractivity contribution in [2.75, 3.05) is 0 Å². The number of aromatic nitrogens is 4. The summed E-state index contributed by atoms with van der Waals surface area (Å²) in [7, 11) is -3.87. The molecule has 0 unspecified atom stereocenters. The fraction of sp³-hybridized carbons (Fsp3) is 0.0833. The van der Waals surface area contributed by atoms with Crippen molar-refractivity contribution < 1.29 is 12.8 Å². The zero-order chi connectivity index (χ0) is 23.2. The summed E-state index contributed by atoms with van der Waals surface area (Å²) in [6.45, 7) is 2.16. The molecule has 3 aromatic heterocycles. The van der Waals surface area contributed by atoms with Crippen molar-refractivity contribution in [2.45, 2.75) is 18.4 Å². The van der Waals surface area contributed by atoms with E-state index in [1.54, 1.807) is 71.9 Å². The van der Waals surface area contributed by atoms with Crippen LogP contribution < -0.4 is 0 Å². The molecule has 166 valence electrons. The van der Waals surface area contributed by atoms with Crippen molar-refractivity contribution in [3.05, 3.63) is 101 Å². The monoisotopic (exact) mass is 524 g/mol. The number of rotatable bonds is 5. The average molecular weight is 525 g/mol. The maximum absolute atomic E-state index is 14.1. The van der Waals surface area contributed by atoms with Gasteiger partial charge < -0.3 is 0 Å². The van der Waals surface area contributed by atoms with Gasteiger partial charge in [0, 0.05) is 45.1 Å². The van der Waals surface area contributed by atoms with Crippen molar-refractivity contribution in [1.29, 1.82) is 0 Å². The summed E-state index contributed by atoms with van der Waals surface area (Å²) in [5.41, 5.74) is 3.16. The van der Waals surface area contributed by atoms with E-state index in [-0.39, 0.29) is 17.3 Å². The number of aryl methyl sites for hydroxylation is 1. The van der Waals surface area contributed by atoms with Crippen LogP contribution >= 0.6 is 15.9 Å². The average Bonchev–Trinajstić information content (AvgIpc) is 3.40. The Bertz CT molecular complexity index is 1590. The molecule has 9 heteroatoms. The molecule has 0 bridgehead atoms. The van der Waals surface area contributed by atoms with Crippen LogP contribution in [0, 0.1) is 12.7 Å². The van der Waals surface area contributed by atoms with Gasteiger partial charge in [0.1, 0.15) is 5.82 Å². The molecule has 0 aliphatic rings. The Morgan fingerprint density at radius 2 is 1.79 bits per heavy atom. The molecule has 3 heterocycles. The molecule has 0 aliphatic carbocycles. The smallest absolute Gasteiger partial charge is 0.268 e. The summed E-state index contributed by atoms with van der Waals surface area (Å²) in [5, 5.41) is 5.01. The molecule has 0 fully saturated rings. The SMILES string of the molecule is Cc1ccc(S(=O)(=O)n2cc(-c3cnn(Cc4ccccc4F)c3)c3cc(Br)cnc32)cc1. The van der Waals surface area contributed by atoms with Gasteiger partial charge in [-0.2, -0.15) is 5.10 Å². The fourth-order valence-corrected chi connectivity index (χ4v) is 5.34. The van der Waals surface area contributed by atoms with Crippen LogP contribution in [0.4, 0.5) is 4.39 Å². The Kier molecular flexibility index (Phi) is 5.38. The zero-order valence-corrected chi connectivity index (χ0v) is 19.9. The van der Waals surface area contributed by atoms with Gasteiger partial charge in [-0.25, -0.2) is 21.8 Å². The Labute approximate surface area is 198 Å². The Morgan fingerprint density at radius 3 is 2.55 bits per heavy atom. The topological polar surface area (TPSA) is 69.8 Å². The molecular formula is C24H18BrFN4O2S. The molecule has 0 amide bonds. The lowest BCUT2D eigenvalue weighted by atomic mass is 10.1. The van der Waals surface area contributed by atoms with Crippen molar-refractivity contribution in [3.63, 3.8) is 0 Å². The number of hydrogen-bond acceptors (Lipinski definition) is 4. The lowest BCUT2D eigenvalue weighted by Crippen LogP contribution is -2.12. The van der Waals surface area contributed by atoms with E-state index in [0.717, 1.165) is 10.0 Å². The highest BCUT2D eigenvalue weighted by molar-refractivity contribution is 9.10. The lowest BCUT2D eigenvalue weighted by molar-refractivity contribution is 0.585. The zero-order valence-electron chi connectivity index (χ0n) is 17.5. The van der Waals surface area contributed by atoms with Crippen LogP contribution in [0.25, 0.3) is 22.2 Å². The van der Waals surface area contributed by atoms with Gasteiger partial charge in [0.25, 0.3) is 10.0 Å². The maximum atomic E-state index is 14.1. The number of hydrogen-bond donors (Lipinski definition) is 0. The van der Waals surface area contributed by atoms with Crippen LogP contribution in [0.5, 0.6) is 0 Å². The largest absolute Gasteiger partial charge is 0.269 e. The van der Waals surface area contributed by atoms with E-state index in [1.165, 1.54) is 10.0 Å². The summed E-state index contributed by atoms with van der Waals surface area (Å²) < 4.78 is 44.4. The molecule has 0 saturated heterocycles. The first-order valence-electron chi connectivity index (χ1n) is 10.1. The van der Waals surface area contributed by atoms with Gasteiger partial charge in [0.2, 0.25) is 0 Å². The first kappa shape index (κ1) is 21.5. The summed E-state index contributed by atoms with van der Waals surface area (Å²) in [4.78, 5) is 4.56. The predicted molar refractivity (Wildman–Crippen MR) is 128 cm³/mol. The molecule has 0 spiro atoms. The normalized spacial score (nSPS) is 11.8. The number of pyridine rings is 1. The molecule has 5 aromatic rings. The second kappa shape index (κ2) is 8.24. The van der Waals surface area contributed by atoms with Crippen LogP contribution in [0.3, 0.4) is 0 Å². The molecule has 0 radical (unpaired) electrons. The van der Waals surface area contributed by atoms with E-state index < -0.39 is 10.0 Å². The Hall–Kier alpha value is -3.30. The van der Waals surface area contributed by atoms with Crippen molar-refractivity contribution >= 4 is 37.0 Å².